The lowest BCUT2D eigenvalue weighted by Crippen LogP contribution is -3.05. The Balaban J connectivity index is 1.98. The first-order valence-corrected chi connectivity index (χ1v) is 10.3. The first-order valence-electron chi connectivity index (χ1n) is 9.52. The van der Waals surface area contributed by atoms with Gasteiger partial charge in [0.15, 0.2) is 5.13 Å². The Morgan fingerprint density at radius 3 is 2.68 bits per heavy atom. The van der Waals surface area contributed by atoms with Gasteiger partial charge in [-0.15, -0.1) is 0 Å². The third-order valence-corrected chi connectivity index (χ3v) is 5.80. The van der Waals surface area contributed by atoms with E-state index in [0.717, 1.165) is 50.8 Å². The number of methoxy groups -OCH3 is 1. The maximum atomic E-state index is 13.5. The van der Waals surface area contributed by atoms with Crippen LogP contribution in [0.1, 0.15) is 27.9 Å². The van der Waals surface area contributed by atoms with E-state index in [9.17, 15) is 4.79 Å². The van der Waals surface area contributed by atoms with Crippen molar-refractivity contribution in [1.29, 1.82) is 0 Å². The zero-order valence-corrected chi connectivity index (χ0v) is 18.0. The Morgan fingerprint density at radius 2 is 1.96 bits per heavy atom. The number of quaternary nitrogens is 1. The standard InChI is InChI=1S/C22H27N3O2S/c1-15-7-8-16(2)18(13-15)21(26)25(12-6-11-24(3)4)22-23-19-14-17(27-5)9-10-20(19)28-22/h7-10,13-14H,6,11-12H2,1-5H3/p+1. The largest absolute Gasteiger partial charge is 0.497 e. The summed E-state index contributed by atoms with van der Waals surface area (Å²) in [7, 11) is 5.90. The molecule has 0 aliphatic heterocycles. The lowest BCUT2D eigenvalue weighted by atomic mass is 10.0. The van der Waals surface area contributed by atoms with Crippen molar-refractivity contribution in [2.75, 3.05) is 39.2 Å². The first-order chi connectivity index (χ1) is 13.4. The Kier molecular flexibility index (Phi) is 6.31. The van der Waals surface area contributed by atoms with Gasteiger partial charge in [0.2, 0.25) is 0 Å². The Hall–Kier alpha value is -2.44. The molecule has 1 amide bonds. The van der Waals surface area contributed by atoms with Crippen LogP contribution in [-0.4, -0.2) is 45.2 Å². The zero-order chi connectivity index (χ0) is 20.3. The van der Waals surface area contributed by atoms with E-state index in [1.165, 1.54) is 4.90 Å². The van der Waals surface area contributed by atoms with E-state index in [4.69, 9.17) is 9.72 Å². The number of fused-ring (bicyclic) bond motifs is 1. The topological polar surface area (TPSA) is 46.9 Å². The zero-order valence-electron chi connectivity index (χ0n) is 17.2. The van der Waals surface area contributed by atoms with E-state index in [0.29, 0.717) is 6.54 Å². The predicted molar refractivity (Wildman–Crippen MR) is 116 cm³/mol. The van der Waals surface area contributed by atoms with Crippen LogP contribution in [0, 0.1) is 13.8 Å². The molecule has 0 bridgehead atoms. The summed E-state index contributed by atoms with van der Waals surface area (Å²) in [6, 6.07) is 11.9. The van der Waals surface area contributed by atoms with Crippen molar-refractivity contribution in [3.05, 3.63) is 53.1 Å². The number of hydrogen-bond donors (Lipinski definition) is 1. The maximum Gasteiger partial charge on any atom is 0.260 e. The number of carbonyl (C=O) groups is 1. The van der Waals surface area contributed by atoms with Crippen LogP contribution in [0.4, 0.5) is 5.13 Å². The highest BCUT2D eigenvalue weighted by molar-refractivity contribution is 7.22. The molecular weight excluding hydrogens is 370 g/mol. The Bertz CT molecular complexity index is 981. The molecule has 1 N–H and O–H groups in total. The van der Waals surface area contributed by atoms with Crippen LogP contribution < -0.4 is 14.5 Å². The van der Waals surface area contributed by atoms with Crippen molar-refractivity contribution < 1.29 is 14.4 Å². The lowest BCUT2D eigenvalue weighted by molar-refractivity contribution is -0.858. The molecule has 0 aliphatic carbocycles. The van der Waals surface area contributed by atoms with E-state index in [-0.39, 0.29) is 5.91 Å². The molecule has 0 saturated heterocycles. The van der Waals surface area contributed by atoms with E-state index in [2.05, 4.69) is 14.1 Å². The molecule has 0 saturated carbocycles. The van der Waals surface area contributed by atoms with E-state index in [1.54, 1.807) is 18.4 Å². The van der Waals surface area contributed by atoms with Crippen molar-refractivity contribution >= 4 is 32.6 Å². The normalized spacial score (nSPS) is 11.2. The quantitative estimate of drug-likeness (QED) is 0.665. The molecule has 2 aromatic carbocycles. The second kappa shape index (κ2) is 8.71. The highest BCUT2D eigenvalue weighted by Gasteiger charge is 2.23. The summed E-state index contributed by atoms with van der Waals surface area (Å²) in [5.74, 6) is 0.786. The number of rotatable bonds is 7. The molecule has 148 valence electrons. The minimum atomic E-state index is 0.0148. The molecule has 0 aliphatic rings. The highest BCUT2D eigenvalue weighted by Crippen LogP contribution is 2.32. The fourth-order valence-electron chi connectivity index (χ4n) is 3.12. The number of nitrogens with one attached hydrogen (secondary N) is 1. The van der Waals surface area contributed by atoms with E-state index >= 15 is 0 Å². The molecule has 1 aromatic heterocycles. The molecule has 5 nitrogen and oxygen atoms in total. The van der Waals surface area contributed by atoms with Crippen molar-refractivity contribution in [3.63, 3.8) is 0 Å². The van der Waals surface area contributed by atoms with Gasteiger partial charge in [0.1, 0.15) is 5.75 Å². The van der Waals surface area contributed by atoms with Crippen LogP contribution in [0.25, 0.3) is 10.2 Å². The van der Waals surface area contributed by atoms with Crippen LogP contribution in [0.5, 0.6) is 5.75 Å². The van der Waals surface area contributed by atoms with Gasteiger partial charge in [-0.05, 0) is 37.6 Å². The average molecular weight is 399 g/mol. The third kappa shape index (κ3) is 4.51. The summed E-state index contributed by atoms with van der Waals surface area (Å²) in [6.07, 6.45) is 0.915. The predicted octanol–water partition coefficient (Wildman–Crippen LogP) is 3.10. The summed E-state index contributed by atoms with van der Waals surface area (Å²) in [6.45, 7) is 5.64. The van der Waals surface area contributed by atoms with Crippen molar-refractivity contribution in [3.8, 4) is 5.75 Å². The summed E-state index contributed by atoms with van der Waals surface area (Å²) in [4.78, 5) is 21.4. The molecule has 6 heteroatoms. The lowest BCUT2D eigenvalue weighted by Gasteiger charge is -2.21. The molecule has 28 heavy (non-hydrogen) atoms. The summed E-state index contributed by atoms with van der Waals surface area (Å²) < 4.78 is 6.36. The second-order valence-electron chi connectivity index (χ2n) is 7.42. The Morgan fingerprint density at radius 1 is 1.18 bits per heavy atom. The van der Waals surface area contributed by atoms with Crippen molar-refractivity contribution in [2.24, 2.45) is 0 Å². The fraction of sp³-hybridized carbons (Fsp3) is 0.364. The number of nitrogens with zero attached hydrogens (tertiary/aromatic N) is 2. The molecule has 3 aromatic rings. The number of amides is 1. The molecule has 0 atom stereocenters. The molecule has 3 rings (SSSR count). The van der Waals surface area contributed by atoms with Gasteiger partial charge in [-0.1, -0.05) is 29.0 Å². The summed E-state index contributed by atoms with van der Waals surface area (Å²) in [5, 5.41) is 0.739. The number of aryl methyl sites for hydroxylation is 2. The maximum absolute atomic E-state index is 13.5. The molecular formula is C22H28N3O2S+. The number of ether oxygens (including phenoxy) is 1. The smallest absolute Gasteiger partial charge is 0.260 e. The molecule has 1 heterocycles. The number of benzene rings is 2. The Labute approximate surface area is 170 Å². The first kappa shape index (κ1) is 20.3. The molecule has 0 radical (unpaired) electrons. The van der Waals surface area contributed by atoms with Crippen LogP contribution in [0.15, 0.2) is 36.4 Å². The molecule has 0 unspecified atom stereocenters. The van der Waals surface area contributed by atoms with Crippen LogP contribution in [0.2, 0.25) is 0 Å². The molecule has 0 fully saturated rings. The van der Waals surface area contributed by atoms with E-state index in [1.807, 2.05) is 55.1 Å². The monoisotopic (exact) mass is 398 g/mol. The number of anilines is 1. The van der Waals surface area contributed by atoms with Gasteiger partial charge in [-0.2, -0.15) is 0 Å². The van der Waals surface area contributed by atoms with E-state index < -0.39 is 0 Å². The van der Waals surface area contributed by atoms with Crippen molar-refractivity contribution in [2.45, 2.75) is 20.3 Å². The summed E-state index contributed by atoms with van der Waals surface area (Å²) in [5.41, 5.74) is 3.67. The number of hydrogen-bond acceptors (Lipinski definition) is 4. The van der Waals surface area contributed by atoms with Gasteiger partial charge in [0.05, 0.1) is 38.0 Å². The average Bonchev–Trinajstić information content (AvgIpc) is 3.09. The minimum absolute atomic E-state index is 0.0148. The third-order valence-electron chi connectivity index (χ3n) is 4.74. The van der Waals surface area contributed by atoms with Gasteiger partial charge in [-0.3, -0.25) is 9.69 Å². The number of aromatic nitrogens is 1. The minimum Gasteiger partial charge on any atom is -0.497 e. The van der Waals surface area contributed by atoms with Gasteiger partial charge < -0.3 is 9.64 Å². The van der Waals surface area contributed by atoms with Crippen molar-refractivity contribution in [1.82, 2.24) is 4.98 Å². The van der Waals surface area contributed by atoms with Crippen LogP contribution in [0.3, 0.4) is 0 Å². The summed E-state index contributed by atoms with van der Waals surface area (Å²) >= 11 is 1.55. The van der Waals surface area contributed by atoms with Gasteiger partial charge >= 0.3 is 0 Å². The fourth-order valence-corrected chi connectivity index (χ4v) is 4.09. The molecule has 0 spiro atoms. The van der Waals surface area contributed by atoms with Gasteiger partial charge in [0, 0.05) is 24.6 Å². The van der Waals surface area contributed by atoms with Gasteiger partial charge in [-0.25, -0.2) is 4.98 Å². The van der Waals surface area contributed by atoms with Crippen LogP contribution in [-0.2, 0) is 0 Å². The van der Waals surface area contributed by atoms with Gasteiger partial charge in [0.25, 0.3) is 5.91 Å². The van der Waals surface area contributed by atoms with Crippen LogP contribution >= 0.6 is 11.3 Å². The SMILES string of the molecule is COc1ccc2sc(N(CCC[NH+](C)C)C(=O)c3cc(C)ccc3C)nc2c1. The second-order valence-corrected chi connectivity index (χ2v) is 8.43. The number of thiazole rings is 1. The number of carbonyl (C=O) groups excluding carboxylic acids is 1. The highest BCUT2D eigenvalue weighted by atomic mass is 32.1.